The van der Waals surface area contributed by atoms with Crippen LogP contribution in [0.1, 0.15) is 37.8 Å². The number of aromatic nitrogens is 4. The first kappa shape index (κ1) is 36.6. The molecule has 4 N–H and O–H groups in total. The first-order valence-corrected chi connectivity index (χ1v) is 20.4. The van der Waals surface area contributed by atoms with E-state index in [1.54, 1.807) is 58.6 Å². The molecule has 4 aromatic heterocycles. The minimum absolute atomic E-state index is 0.261. The smallest absolute Gasteiger partial charge is 0.322 e. The van der Waals surface area contributed by atoms with Crippen molar-refractivity contribution >= 4 is 70.0 Å². The maximum absolute atomic E-state index is 13.4. The number of rotatable bonds is 14. The van der Waals surface area contributed by atoms with Crippen LogP contribution in [-0.2, 0) is 4.79 Å². The average molecular weight is 779 g/mol. The van der Waals surface area contributed by atoms with Crippen LogP contribution in [0.15, 0.2) is 116 Å². The summed E-state index contributed by atoms with van der Waals surface area (Å²) < 4.78 is 2.34. The molecule has 0 bridgehead atoms. The van der Waals surface area contributed by atoms with E-state index in [0.717, 1.165) is 21.1 Å². The van der Waals surface area contributed by atoms with E-state index in [9.17, 15) is 9.59 Å². The average Bonchev–Trinajstić information content (AvgIpc) is 3.84. The fourth-order valence-electron chi connectivity index (χ4n) is 6.23. The molecule has 6 aromatic rings. The number of anilines is 2. The Bertz CT molecular complexity index is 2120. The topological polar surface area (TPSA) is 134 Å². The van der Waals surface area contributed by atoms with Crippen molar-refractivity contribution in [2.75, 3.05) is 10.6 Å². The van der Waals surface area contributed by atoms with Gasteiger partial charge in [-0.05, 0) is 101 Å². The van der Waals surface area contributed by atoms with Crippen LogP contribution in [0.5, 0.6) is 0 Å². The highest BCUT2D eigenvalue weighted by Gasteiger charge is 2.47. The Hall–Kier alpha value is -4.76. The van der Waals surface area contributed by atoms with Crippen molar-refractivity contribution in [3.63, 3.8) is 0 Å². The second kappa shape index (κ2) is 16.1. The van der Waals surface area contributed by atoms with E-state index < -0.39 is 11.6 Å². The molecule has 1 aliphatic heterocycles. The Labute approximate surface area is 325 Å². The fraction of sp³-hybridized carbons (Fsp3) is 0.231. The largest absolute Gasteiger partial charge is 0.352 e. The van der Waals surface area contributed by atoms with E-state index in [1.807, 2.05) is 26.0 Å². The third-order valence-corrected chi connectivity index (χ3v) is 12.9. The summed E-state index contributed by atoms with van der Waals surface area (Å²) in [5.41, 5.74) is 2.90. The van der Waals surface area contributed by atoms with Crippen LogP contribution in [0.4, 0.5) is 16.7 Å². The molecule has 3 amide bonds. The molecule has 14 heteroatoms. The Morgan fingerprint density at radius 3 is 1.62 bits per heavy atom. The summed E-state index contributed by atoms with van der Waals surface area (Å²) in [5.74, 6) is 0.520. The summed E-state index contributed by atoms with van der Waals surface area (Å²) in [4.78, 5) is 48.8. The van der Waals surface area contributed by atoms with Gasteiger partial charge in [-0.3, -0.25) is 10.1 Å². The molecule has 0 aliphatic carbocycles. The first-order chi connectivity index (χ1) is 25.6. The van der Waals surface area contributed by atoms with Gasteiger partial charge >= 0.3 is 6.03 Å². The Kier molecular flexibility index (Phi) is 11.1. The number of carbonyl (C=O) groups excluding carboxylic acids is 2. The SMILES string of the molecule is Cc1cccc(Sc2ccc(-c3ccnc(NC(C)CC4(CC(C)Nc5nccc(-c6ccc(Sc7cccc(C)c7)s6)n5)NC(=O)NC4=O)n3)s2)c1. The van der Waals surface area contributed by atoms with Crippen LogP contribution >= 0.6 is 46.2 Å². The molecular weight excluding hydrogens is 741 g/mol. The molecule has 270 valence electrons. The number of hydrogen-bond donors (Lipinski definition) is 4. The van der Waals surface area contributed by atoms with Crippen LogP contribution in [0.25, 0.3) is 21.1 Å². The lowest BCUT2D eigenvalue weighted by atomic mass is 9.85. The number of urea groups is 1. The molecule has 0 saturated carbocycles. The highest BCUT2D eigenvalue weighted by Crippen LogP contribution is 2.39. The van der Waals surface area contributed by atoms with Crippen LogP contribution in [-0.4, -0.2) is 49.5 Å². The van der Waals surface area contributed by atoms with Gasteiger partial charge in [0, 0.05) is 34.3 Å². The van der Waals surface area contributed by atoms with Gasteiger partial charge < -0.3 is 16.0 Å². The number of thiophene rings is 2. The normalized spacial score (nSPS) is 16.5. The highest BCUT2D eigenvalue weighted by molar-refractivity contribution is 8.01. The zero-order valence-corrected chi connectivity index (χ0v) is 32.8. The summed E-state index contributed by atoms with van der Waals surface area (Å²) in [7, 11) is 0. The highest BCUT2D eigenvalue weighted by atomic mass is 32.2. The van der Waals surface area contributed by atoms with Crippen LogP contribution in [0.2, 0.25) is 0 Å². The molecular formula is C39H38N8O2S4. The lowest BCUT2D eigenvalue weighted by Crippen LogP contribution is -2.52. The summed E-state index contributed by atoms with van der Waals surface area (Å²) in [6.45, 7) is 8.09. The lowest BCUT2D eigenvalue weighted by Gasteiger charge is -2.32. The molecule has 2 aromatic carbocycles. The van der Waals surface area contributed by atoms with Gasteiger partial charge in [0.2, 0.25) is 11.9 Å². The molecule has 7 rings (SSSR count). The van der Waals surface area contributed by atoms with Crippen LogP contribution in [0, 0.1) is 13.8 Å². The van der Waals surface area contributed by atoms with Gasteiger partial charge in [-0.1, -0.05) is 58.9 Å². The second-order valence-electron chi connectivity index (χ2n) is 13.1. The zero-order valence-electron chi connectivity index (χ0n) is 29.5. The molecule has 53 heavy (non-hydrogen) atoms. The summed E-state index contributed by atoms with van der Waals surface area (Å²) >= 11 is 6.81. The van der Waals surface area contributed by atoms with E-state index >= 15 is 0 Å². The fourth-order valence-corrected chi connectivity index (χ4v) is 10.6. The Morgan fingerprint density at radius 2 is 1.19 bits per heavy atom. The number of amides is 3. The maximum atomic E-state index is 13.4. The van der Waals surface area contributed by atoms with Crippen molar-refractivity contribution < 1.29 is 9.59 Å². The van der Waals surface area contributed by atoms with Gasteiger partial charge in [-0.2, -0.15) is 0 Å². The van der Waals surface area contributed by atoms with Gasteiger partial charge in [0.15, 0.2) is 0 Å². The Balaban J connectivity index is 0.993. The van der Waals surface area contributed by atoms with Crippen molar-refractivity contribution in [2.24, 2.45) is 0 Å². The van der Waals surface area contributed by atoms with E-state index in [1.165, 1.54) is 29.3 Å². The molecule has 1 fully saturated rings. The number of aryl methyl sites for hydroxylation is 2. The minimum Gasteiger partial charge on any atom is -0.352 e. The number of imide groups is 1. The van der Waals surface area contributed by atoms with E-state index in [2.05, 4.69) is 118 Å². The molecule has 2 unspecified atom stereocenters. The number of benzene rings is 2. The minimum atomic E-state index is -1.17. The summed E-state index contributed by atoms with van der Waals surface area (Å²) in [6, 6.07) is 28.0. The van der Waals surface area contributed by atoms with Gasteiger partial charge in [-0.15, -0.1) is 22.7 Å². The monoisotopic (exact) mass is 778 g/mol. The number of carbonyl (C=O) groups is 2. The standard InChI is InChI=1S/C39H38N8O2S4/c1-23-7-5-9-27(19-23)50-33-13-11-31(52-33)29-15-17-40-36(44-29)42-25(3)21-39(35(48)46-38(49)47-39)22-26(4)43-37-41-18-16-30(45-37)32-12-14-34(53-32)51-28-10-6-8-24(2)20-28/h5-20,25-26H,21-22H2,1-4H3,(H,40,42,44)(H,41,43,45)(H2,46,47,48,49). The lowest BCUT2D eigenvalue weighted by molar-refractivity contribution is -0.124. The van der Waals surface area contributed by atoms with E-state index in [4.69, 9.17) is 9.97 Å². The predicted molar refractivity (Wildman–Crippen MR) is 216 cm³/mol. The second-order valence-corrected chi connectivity index (χ2v) is 18.0. The molecule has 0 spiro atoms. The zero-order chi connectivity index (χ0) is 37.0. The van der Waals surface area contributed by atoms with Gasteiger partial charge in [-0.25, -0.2) is 24.7 Å². The van der Waals surface area contributed by atoms with Crippen LogP contribution in [0.3, 0.4) is 0 Å². The molecule has 5 heterocycles. The predicted octanol–water partition coefficient (Wildman–Crippen LogP) is 9.30. The van der Waals surface area contributed by atoms with Crippen LogP contribution < -0.4 is 21.3 Å². The quantitative estimate of drug-likeness (QED) is 0.0793. The number of nitrogens with zero attached hydrogens (tertiary/aromatic N) is 4. The van der Waals surface area contributed by atoms with E-state index in [-0.39, 0.29) is 18.0 Å². The van der Waals surface area contributed by atoms with E-state index in [0.29, 0.717) is 24.7 Å². The molecule has 1 saturated heterocycles. The number of nitrogens with one attached hydrogen (secondary N) is 4. The van der Waals surface area contributed by atoms with Crippen molar-refractivity contribution in [3.05, 3.63) is 108 Å². The van der Waals surface area contributed by atoms with Crippen molar-refractivity contribution in [3.8, 4) is 21.1 Å². The first-order valence-electron chi connectivity index (χ1n) is 17.1. The third kappa shape index (κ3) is 9.25. The van der Waals surface area contributed by atoms with Gasteiger partial charge in [0.05, 0.1) is 29.6 Å². The van der Waals surface area contributed by atoms with Crippen molar-refractivity contribution in [2.45, 2.75) is 76.4 Å². The van der Waals surface area contributed by atoms with Crippen molar-refractivity contribution in [1.82, 2.24) is 30.6 Å². The molecule has 2 atom stereocenters. The van der Waals surface area contributed by atoms with Gasteiger partial charge in [0.1, 0.15) is 5.54 Å². The molecule has 0 radical (unpaired) electrons. The Morgan fingerprint density at radius 1 is 0.698 bits per heavy atom. The van der Waals surface area contributed by atoms with Crippen molar-refractivity contribution in [1.29, 1.82) is 0 Å². The molecule has 1 aliphatic rings. The van der Waals surface area contributed by atoms with Gasteiger partial charge in [0.25, 0.3) is 5.91 Å². The summed E-state index contributed by atoms with van der Waals surface area (Å²) in [6.07, 6.45) is 4.06. The summed E-state index contributed by atoms with van der Waals surface area (Å²) in [5, 5.41) is 12.1. The maximum Gasteiger partial charge on any atom is 0.322 e. The third-order valence-electron chi connectivity index (χ3n) is 8.47. The number of hydrogen-bond acceptors (Lipinski definition) is 12. The molecule has 10 nitrogen and oxygen atoms in total.